The van der Waals surface area contributed by atoms with Crippen LogP contribution in [0.15, 0.2) is 10.6 Å². The Hall–Kier alpha value is -2.05. The molecule has 0 aliphatic heterocycles. The van der Waals surface area contributed by atoms with Gasteiger partial charge in [0.1, 0.15) is 0 Å². The van der Waals surface area contributed by atoms with Crippen LogP contribution in [-0.2, 0) is 11.3 Å². The summed E-state index contributed by atoms with van der Waals surface area (Å²) in [5, 5.41) is 18.1. The average molecular weight is 281 g/mol. The second-order valence-corrected chi connectivity index (χ2v) is 5.13. The highest BCUT2D eigenvalue weighted by Crippen LogP contribution is 2.31. The number of hydrogen-bond acceptors (Lipinski definition) is 4. The summed E-state index contributed by atoms with van der Waals surface area (Å²) in [5.74, 6) is -0.508. The van der Waals surface area contributed by atoms with E-state index >= 15 is 0 Å². The Kier molecular flexibility index (Phi) is 4.60. The molecule has 7 nitrogen and oxygen atoms in total. The van der Waals surface area contributed by atoms with Crippen LogP contribution in [0.4, 0.5) is 4.79 Å². The zero-order chi connectivity index (χ0) is 14.5. The standard InChI is InChI=1S/C13H19N3O4/c1-8-5-10(20-16-8)7-15-13(19)14-6-9-3-2-4-11(9)12(17)18/h5,9,11H,2-4,6-7H2,1H3,(H,17,18)(H2,14,15,19). The van der Waals surface area contributed by atoms with Gasteiger partial charge in [-0.05, 0) is 25.7 Å². The summed E-state index contributed by atoms with van der Waals surface area (Å²) in [7, 11) is 0. The predicted octanol–water partition coefficient (Wildman–Crippen LogP) is 1.28. The summed E-state index contributed by atoms with van der Waals surface area (Å²) >= 11 is 0. The molecular weight excluding hydrogens is 262 g/mol. The lowest BCUT2D eigenvalue weighted by atomic mass is 9.96. The molecule has 110 valence electrons. The number of carboxylic acids is 1. The molecule has 3 N–H and O–H groups in total. The van der Waals surface area contributed by atoms with E-state index in [4.69, 9.17) is 9.63 Å². The highest BCUT2D eigenvalue weighted by molar-refractivity contribution is 5.74. The number of amides is 2. The minimum absolute atomic E-state index is 0.0192. The smallest absolute Gasteiger partial charge is 0.315 e. The molecule has 7 heteroatoms. The van der Waals surface area contributed by atoms with Crippen molar-refractivity contribution >= 4 is 12.0 Å². The van der Waals surface area contributed by atoms with E-state index in [0.717, 1.165) is 18.5 Å². The number of urea groups is 1. The molecule has 0 aromatic carbocycles. The van der Waals surface area contributed by atoms with Crippen LogP contribution in [0.25, 0.3) is 0 Å². The molecule has 1 aliphatic rings. The summed E-state index contributed by atoms with van der Waals surface area (Å²) in [6, 6.07) is 1.42. The van der Waals surface area contributed by atoms with E-state index in [9.17, 15) is 9.59 Å². The van der Waals surface area contributed by atoms with Gasteiger partial charge < -0.3 is 20.3 Å². The van der Waals surface area contributed by atoms with Gasteiger partial charge in [-0.2, -0.15) is 0 Å². The van der Waals surface area contributed by atoms with Gasteiger partial charge in [0.25, 0.3) is 0 Å². The molecule has 1 aromatic rings. The van der Waals surface area contributed by atoms with Crippen molar-refractivity contribution < 1.29 is 19.2 Å². The molecule has 0 saturated heterocycles. The Labute approximate surface area is 116 Å². The quantitative estimate of drug-likeness (QED) is 0.754. The summed E-state index contributed by atoms with van der Waals surface area (Å²) in [6.07, 6.45) is 2.45. The minimum Gasteiger partial charge on any atom is -0.481 e. The maximum absolute atomic E-state index is 11.6. The predicted molar refractivity (Wildman–Crippen MR) is 69.9 cm³/mol. The number of nitrogens with one attached hydrogen (secondary N) is 2. The van der Waals surface area contributed by atoms with Gasteiger partial charge >= 0.3 is 12.0 Å². The normalized spacial score (nSPS) is 21.6. The van der Waals surface area contributed by atoms with Crippen molar-refractivity contribution in [3.8, 4) is 0 Å². The van der Waals surface area contributed by atoms with Crippen molar-refractivity contribution in [1.29, 1.82) is 0 Å². The Morgan fingerprint density at radius 1 is 1.45 bits per heavy atom. The van der Waals surface area contributed by atoms with Crippen molar-refractivity contribution in [2.45, 2.75) is 32.7 Å². The highest BCUT2D eigenvalue weighted by atomic mass is 16.5. The van der Waals surface area contributed by atoms with Crippen LogP contribution >= 0.6 is 0 Å². The zero-order valence-corrected chi connectivity index (χ0v) is 11.4. The first kappa shape index (κ1) is 14.4. The molecule has 2 rings (SSSR count). The van der Waals surface area contributed by atoms with Crippen molar-refractivity contribution in [2.24, 2.45) is 11.8 Å². The molecule has 2 atom stereocenters. The number of aromatic nitrogens is 1. The molecule has 0 bridgehead atoms. The summed E-state index contributed by atoms with van der Waals surface area (Å²) in [4.78, 5) is 22.6. The molecule has 2 unspecified atom stereocenters. The van der Waals surface area contributed by atoms with Gasteiger partial charge in [0.2, 0.25) is 0 Å². The van der Waals surface area contributed by atoms with E-state index in [0.29, 0.717) is 18.7 Å². The van der Waals surface area contributed by atoms with Gasteiger partial charge in [-0.3, -0.25) is 4.79 Å². The second-order valence-electron chi connectivity index (χ2n) is 5.13. The fourth-order valence-electron chi connectivity index (χ4n) is 2.56. The first-order chi connectivity index (χ1) is 9.56. The second kappa shape index (κ2) is 6.40. The van der Waals surface area contributed by atoms with Crippen LogP contribution in [0.2, 0.25) is 0 Å². The number of aryl methyl sites for hydroxylation is 1. The molecule has 2 amide bonds. The number of nitrogens with zero attached hydrogens (tertiary/aromatic N) is 1. The third-order valence-corrected chi connectivity index (χ3v) is 3.60. The summed E-state index contributed by atoms with van der Waals surface area (Å²) < 4.78 is 4.97. The van der Waals surface area contributed by atoms with E-state index in [1.54, 1.807) is 13.0 Å². The van der Waals surface area contributed by atoms with Crippen LogP contribution in [0.1, 0.15) is 30.7 Å². The van der Waals surface area contributed by atoms with E-state index in [2.05, 4.69) is 15.8 Å². The van der Waals surface area contributed by atoms with Crippen molar-refractivity contribution in [1.82, 2.24) is 15.8 Å². The first-order valence-electron chi connectivity index (χ1n) is 6.73. The highest BCUT2D eigenvalue weighted by Gasteiger charge is 2.32. The number of rotatable bonds is 5. The molecule has 0 spiro atoms. The Bertz CT molecular complexity index is 486. The van der Waals surface area contributed by atoms with E-state index in [-0.39, 0.29) is 24.4 Å². The summed E-state index contributed by atoms with van der Waals surface area (Å²) in [5.41, 5.74) is 0.762. The Morgan fingerprint density at radius 3 is 2.90 bits per heavy atom. The van der Waals surface area contributed by atoms with Crippen molar-refractivity contribution in [3.63, 3.8) is 0 Å². The Morgan fingerprint density at radius 2 is 2.25 bits per heavy atom. The van der Waals surface area contributed by atoms with Gasteiger partial charge in [0.15, 0.2) is 5.76 Å². The number of carbonyl (C=O) groups excluding carboxylic acids is 1. The molecule has 0 radical (unpaired) electrons. The minimum atomic E-state index is -0.771. The molecule has 20 heavy (non-hydrogen) atoms. The lowest BCUT2D eigenvalue weighted by Crippen LogP contribution is -2.39. The zero-order valence-electron chi connectivity index (χ0n) is 11.4. The lowest BCUT2D eigenvalue weighted by molar-refractivity contribution is -0.142. The van der Waals surface area contributed by atoms with Crippen LogP contribution in [0, 0.1) is 18.8 Å². The van der Waals surface area contributed by atoms with Gasteiger partial charge in [0, 0.05) is 12.6 Å². The van der Waals surface area contributed by atoms with Crippen LogP contribution in [0.3, 0.4) is 0 Å². The van der Waals surface area contributed by atoms with Gasteiger partial charge in [-0.15, -0.1) is 0 Å². The van der Waals surface area contributed by atoms with E-state index in [1.165, 1.54) is 0 Å². The number of carbonyl (C=O) groups is 2. The third kappa shape index (κ3) is 3.72. The van der Waals surface area contributed by atoms with E-state index < -0.39 is 5.97 Å². The number of aliphatic carboxylic acids is 1. The van der Waals surface area contributed by atoms with E-state index in [1.807, 2.05) is 0 Å². The first-order valence-corrected chi connectivity index (χ1v) is 6.73. The van der Waals surface area contributed by atoms with Crippen molar-refractivity contribution in [2.75, 3.05) is 6.54 Å². The van der Waals surface area contributed by atoms with Crippen LogP contribution in [0.5, 0.6) is 0 Å². The molecular formula is C13H19N3O4. The summed E-state index contributed by atoms with van der Waals surface area (Å²) in [6.45, 7) is 2.46. The van der Waals surface area contributed by atoms with Gasteiger partial charge in [0.05, 0.1) is 18.2 Å². The molecule has 1 heterocycles. The van der Waals surface area contributed by atoms with Gasteiger partial charge in [-0.25, -0.2) is 4.79 Å². The SMILES string of the molecule is Cc1cc(CNC(=O)NCC2CCCC2C(=O)O)on1. The molecule has 1 fully saturated rings. The molecule has 1 aromatic heterocycles. The maximum Gasteiger partial charge on any atom is 0.315 e. The molecule has 1 aliphatic carbocycles. The van der Waals surface area contributed by atoms with Crippen LogP contribution < -0.4 is 10.6 Å². The fraction of sp³-hybridized carbons (Fsp3) is 0.615. The topological polar surface area (TPSA) is 104 Å². The maximum atomic E-state index is 11.6. The average Bonchev–Trinajstić information content (AvgIpc) is 3.02. The Balaban J connectivity index is 1.71. The number of hydrogen-bond donors (Lipinski definition) is 3. The third-order valence-electron chi connectivity index (χ3n) is 3.60. The van der Waals surface area contributed by atoms with Gasteiger partial charge in [-0.1, -0.05) is 11.6 Å². The fourth-order valence-corrected chi connectivity index (χ4v) is 2.56. The van der Waals surface area contributed by atoms with Crippen molar-refractivity contribution in [3.05, 3.63) is 17.5 Å². The molecule has 1 saturated carbocycles. The van der Waals surface area contributed by atoms with Crippen LogP contribution in [-0.4, -0.2) is 28.8 Å². The monoisotopic (exact) mass is 281 g/mol. The number of carboxylic acid groups (broad SMARTS) is 1. The largest absolute Gasteiger partial charge is 0.481 e. The lowest BCUT2D eigenvalue weighted by Gasteiger charge is -2.16.